The maximum atomic E-state index is 5.10. The van der Waals surface area contributed by atoms with Crippen molar-refractivity contribution in [3.05, 3.63) is 11.4 Å². The van der Waals surface area contributed by atoms with Gasteiger partial charge in [-0.2, -0.15) is 0 Å². The number of allylic oxidation sites excluding steroid dienone is 2. The first kappa shape index (κ1) is 12.3. The first-order valence-corrected chi connectivity index (χ1v) is 5.36. The van der Waals surface area contributed by atoms with E-state index in [1.54, 1.807) is 14.2 Å². The molecule has 1 aliphatic rings. The van der Waals surface area contributed by atoms with Crippen LogP contribution in [0.3, 0.4) is 0 Å². The summed E-state index contributed by atoms with van der Waals surface area (Å²) in [7, 11) is 3.48. The number of hydrogen-bond acceptors (Lipinski definition) is 4. The topological polar surface area (TPSA) is 24.9 Å². The summed E-state index contributed by atoms with van der Waals surface area (Å²) < 4.78 is 10.2. The minimum absolute atomic E-state index is 0.780. The van der Waals surface area contributed by atoms with Crippen LogP contribution in [0.25, 0.3) is 0 Å². The maximum absolute atomic E-state index is 5.10. The lowest BCUT2D eigenvalue weighted by molar-refractivity contribution is 0.131. The Kier molecular flexibility index (Phi) is 4.91. The Hall–Kier alpha value is -0.740. The summed E-state index contributed by atoms with van der Waals surface area (Å²) in [6, 6.07) is 0. The van der Waals surface area contributed by atoms with E-state index < -0.39 is 0 Å². The van der Waals surface area contributed by atoms with Crippen molar-refractivity contribution < 1.29 is 9.47 Å². The molecule has 88 valence electrons. The largest absolute Gasteiger partial charge is 0.383 e. The van der Waals surface area contributed by atoms with Crippen LogP contribution in [-0.2, 0) is 9.47 Å². The van der Waals surface area contributed by atoms with Crippen molar-refractivity contribution in [2.75, 3.05) is 47.2 Å². The SMILES string of the molecule is COCCN1CN(CCOC)C(C)=C1C. The van der Waals surface area contributed by atoms with Gasteiger partial charge in [-0.25, -0.2) is 0 Å². The minimum Gasteiger partial charge on any atom is -0.383 e. The van der Waals surface area contributed by atoms with Crippen LogP contribution in [0.1, 0.15) is 13.8 Å². The monoisotopic (exact) mass is 214 g/mol. The Morgan fingerprint density at radius 3 is 1.67 bits per heavy atom. The number of nitrogens with zero attached hydrogens (tertiary/aromatic N) is 2. The lowest BCUT2D eigenvalue weighted by Gasteiger charge is -2.23. The van der Waals surface area contributed by atoms with Gasteiger partial charge in [0.2, 0.25) is 0 Å². The first-order valence-electron chi connectivity index (χ1n) is 5.36. The Morgan fingerprint density at radius 2 is 1.33 bits per heavy atom. The van der Waals surface area contributed by atoms with Gasteiger partial charge >= 0.3 is 0 Å². The van der Waals surface area contributed by atoms with Crippen LogP contribution in [0, 0.1) is 0 Å². The van der Waals surface area contributed by atoms with Gasteiger partial charge in [0.25, 0.3) is 0 Å². The van der Waals surface area contributed by atoms with Gasteiger partial charge in [-0.15, -0.1) is 0 Å². The molecule has 0 aromatic rings. The van der Waals surface area contributed by atoms with Crippen LogP contribution in [0.4, 0.5) is 0 Å². The number of hydrogen-bond donors (Lipinski definition) is 0. The van der Waals surface area contributed by atoms with Crippen molar-refractivity contribution in [2.24, 2.45) is 0 Å². The molecule has 0 aromatic carbocycles. The van der Waals surface area contributed by atoms with E-state index in [9.17, 15) is 0 Å². The van der Waals surface area contributed by atoms with Crippen molar-refractivity contribution in [1.29, 1.82) is 0 Å². The van der Waals surface area contributed by atoms with Gasteiger partial charge in [-0.05, 0) is 13.8 Å². The molecule has 0 aromatic heterocycles. The zero-order valence-electron chi connectivity index (χ0n) is 10.2. The molecule has 0 fully saturated rings. The molecule has 15 heavy (non-hydrogen) atoms. The van der Waals surface area contributed by atoms with Gasteiger partial charge in [0.05, 0.1) is 19.9 Å². The molecule has 0 radical (unpaired) electrons. The summed E-state index contributed by atoms with van der Waals surface area (Å²) in [5, 5.41) is 0. The van der Waals surface area contributed by atoms with Crippen molar-refractivity contribution >= 4 is 0 Å². The molecule has 0 atom stereocenters. The molecule has 0 unspecified atom stereocenters. The maximum Gasteiger partial charge on any atom is 0.0900 e. The van der Waals surface area contributed by atoms with Crippen molar-refractivity contribution in [3.8, 4) is 0 Å². The summed E-state index contributed by atoms with van der Waals surface area (Å²) in [5.41, 5.74) is 2.70. The van der Waals surface area contributed by atoms with Crippen LogP contribution >= 0.6 is 0 Å². The highest BCUT2D eigenvalue weighted by atomic mass is 16.5. The van der Waals surface area contributed by atoms with Gasteiger partial charge in [-0.1, -0.05) is 0 Å². The molecule has 0 N–H and O–H groups in total. The van der Waals surface area contributed by atoms with Crippen molar-refractivity contribution in [3.63, 3.8) is 0 Å². The molecular formula is C11H22N2O2. The molecule has 0 bridgehead atoms. The molecule has 0 amide bonds. The molecule has 0 saturated heterocycles. The predicted octanol–water partition coefficient (Wildman–Crippen LogP) is 1.11. The zero-order chi connectivity index (χ0) is 11.3. The lowest BCUT2D eigenvalue weighted by atomic mass is 10.3. The Labute approximate surface area is 92.4 Å². The van der Waals surface area contributed by atoms with Crippen LogP contribution in [-0.4, -0.2) is 57.0 Å². The molecular weight excluding hydrogens is 192 g/mol. The Morgan fingerprint density at radius 1 is 0.933 bits per heavy atom. The van der Waals surface area contributed by atoms with Crippen molar-refractivity contribution in [1.82, 2.24) is 9.80 Å². The van der Waals surface area contributed by atoms with Crippen LogP contribution in [0.5, 0.6) is 0 Å². The van der Waals surface area contributed by atoms with E-state index in [0.29, 0.717) is 0 Å². The standard InChI is InChI=1S/C11H22N2O2/c1-10-11(2)13(6-8-15-4)9-12(10)5-7-14-3/h5-9H2,1-4H3. The van der Waals surface area contributed by atoms with E-state index >= 15 is 0 Å². The van der Waals surface area contributed by atoms with E-state index in [1.807, 2.05) is 0 Å². The molecule has 1 heterocycles. The Balaban J connectivity index is 2.46. The molecule has 0 spiro atoms. The Bertz CT molecular complexity index is 207. The number of ether oxygens (including phenoxy) is 2. The summed E-state index contributed by atoms with van der Waals surface area (Å²) >= 11 is 0. The molecule has 4 heteroatoms. The molecule has 0 aliphatic carbocycles. The molecule has 4 nitrogen and oxygen atoms in total. The fraction of sp³-hybridized carbons (Fsp3) is 0.818. The summed E-state index contributed by atoms with van der Waals surface area (Å²) in [6.07, 6.45) is 0. The van der Waals surface area contributed by atoms with Gasteiger partial charge < -0.3 is 19.3 Å². The average molecular weight is 214 g/mol. The van der Waals surface area contributed by atoms with Gasteiger partial charge in [0, 0.05) is 38.7 Å². The molecule has 1 rings (SSSR count). The summed E-state index contributed by atoms with van der Waals surface area (Å²) in [5.74, 6) is 0. The normalized spacial score (nSPS) is 16.8. The lowest BCUT2D eigenvalue weighted by Crippen LogP contribution is -2.31. The second-order valence-corrected chi connectivity index (χ2v) is 3.82. The third kappa shape index (κ3) is 3.11. The van der Waals surface area contributed by atoms with E-state index in [-0.39, 0.29) is 0 Å². The van der Waals surface area contributed by atoms with Gasteiger partial charge in [-0.3, -0.25) is 0 Å². The second kappa shape index (κ2) is 5.98. The number of methoxy groups -OCH3 is 2. The first-order chi connectivity index (χ1) is 7.20. The van der Waals surface area contributed by atoms with Crippen LogP contribution in [0.2, 0.25) is 0 Å². The molecule has 1 aliphatic heterocycles. The molecule has 0 saturated carbocycles. The second-order valence-electron chi connectivity index (χ2n) is 3.82. The van der Waals surface area contributed by atoms with Gasteiger partial charge in [0.15, 0.2) is 0 Å². The fourth-order valence-electron chi connectivity index (χ4n) is 1.76. The fourth-order valence-corrected chi connectivity index (χ4v) is 1.76. The zero-order valence-corrected chi connectivity index (χ0v) is 10.2. The van der Waals surface area contributed by atoms with Crippen molar-refractivity contribution in [2.45, 2.75) is 13.8 Å². The van der Waals surface area contributed by atoms with E-state index in [0.717, 1.165) is 33.0 Å². The summed E-state index contributed by atoms with van der Waals surface area (Å²) in [6.45, 7) is 8.78. The highest BCUT2D eigenvalue weighted by Gasteiger charge is 2.22. The number of rotatable bonds is 6. The van der Waals surface area contributed by atoms with E-state index in [1.165, 1.54) is 11.4 Å². The highest BCUT2D eigenvalue weighted by molar-refractivity contribution is 5.13. The van der Waals surface area contributed by atoms with E-state index in [4.69, 9.17) is 9.47 Å². The highest BCUT2D eigenvalue weighted by Crippen LogP contribution is 2.21. The predicted molar refractivity (Wildman–Crippen MR) is 60.4 cm³/mol. The smallest absolute Gasteiger partial charge is 0.0900 e. The van der Waals surface area contributed by atoms with Crippen LogP contribution in [0.15, 0.2) is 11.4 Å². The third-order valence-electron chi connectivity index (χ3n) is 2.94. The van der Waals surface area contributed by atoms with Crippen LogP contribution < -0.4 is 0 Å². The van der Waals surface area contributed by atoms with E-state index in [2.05, 4.69) is 23.6 Å². The van der Waals surface area contributed by atoms with Gasteiger partial charge in [0.1, 0.15) is 0 Å². The third-order valence-corrected chi connectivity index (χ3v) is 2.94. The quantitative estimate of drug-likeness (QED) is 0.661. The summed E-state index contributed by atoms with van der Waals surface area (Å²) in [4.78, 5) is 4.68. The average Bonchev–Trinajstić information content (AvgIpc) is 2.51. The minimum atomic E-state index is 0.780.